The van der Waals surface area contributed by atoms with Crippen LogP contribution in [-0.2, 0) is 14.3 Å². The lowest BCUT2D eigenvalue weighted by Gasteiger charge is -2.72. The van der Waals surface area contributed by atoms with Crippen molar-refractivity contribution in [1.82, 2.24) is 0 Å². The second-order valence-electron chi connectivity index (χ2n) is 18.0. The van der Waals surface area contributed by atoms with Gasteiger partial charge in [0, 0.05) is 11.3 Å². The predicted molar refractivity (Wildman–Crippen MR) is 169 cm³/mol. The van der Waals surface area contributed by atoms with E-state index in [2.05, 4.69) is 40.7 Å². The molecule has 6 aliphatic rings. The molecule has 268 valence electrons. The van der Waals surface area contributed by atoms with Gasteiger partial charge < -0.3 is 50.3 Å². The number of esters is 1. The van der Waals surface area contributed by atoms with E-state index in [0.29, 0.717) is 38.5 Å². The first-order valence-electron chi connectivity index (χ1n) is 17.6. The Bertz CT molecular complexity index is 1270. The topological polar surface area (TPSA) is 197 Å². The number of ether oxygens (including phenoxy) is 2. The predicted octanol–water partition coefficient (Wildman–Crippen LogP) is 1.41. The third-order valence-corrected chi connectivity index (χ3v) is 15.1. The molecule has 1 aliphatic heterocycles. The number of hydrogen-bond acceptors (Lipinski definition) is 11. The minimum Gasteiger partial charge on any atom is -0.432 e. The zero-order chi connectivity index (χ0) is 34.7. The lowest BCUT2D eigenvalue weighted by atomic mass is 9.33. The highest BCUT2D eigenvalue weighted by Gasteiger charge is 2.72. The Labute approximate surface area is 278 Å². The Kier molecular flexibility index (Phi) is 8.68. The molecule has 11 nitrogen and oxygen atoms in total. The van der Waals surface area contributed by atoms with Crippen molar-refractivity contribution in [2.24, 2.45) is 50.2 Å². The molecule has 1 saturated heterocycles. The van der Waals surface area contributed by atoms with Crippen LogP contribution in [0, 0.1) is 50.2 Å². The summed E-state index contributed by atoms with van der Waals surface area (Å²) < 4.78 is 11.5. The van der Waals surface area contributed by atoms with E-state index in [9.17, 15) is 45.6 Å². The normalized spacial score (nSPS) is 55.4. The fourth-order valence-corrected chi connectivity index (χ4v) is 12.3. The molecule has 0 unspecified atom stereocenters. The molecular weight excluding hydrogens is 608 g/mol. The minimum absolute atomic E-state index is 0.0374. The standard InChI is InChI=1S/C36H58O11/c1-31(2)9-11-36(30(45)47-29-26(43)25(42)24(41)22(16-37)46-29)12-10-34(5)18(19(36)13-31)7-8-23-32(3)14-21(40)28(44)33(4,17-38)27(32)20(39)15-35(23,34)6/h7,19-29,37-44H,8-17H2,1-6H3/t19-,20+,21+,22+,23+,24+,25-,26+,27-,28-,29-,32+,33-,34+,35+,36-/m0/s1. The number of hydrogen-bond donors (Lipinski definition) is 8. The summed E-state index contributed by atoms with van der Waals surface area (Å²) in [7, 11) is 0. The number of rotatable bonds is 4. The number of allylic oxidation sites excluding steroid dienone is 2. The molecule has 0 aromatic rings. The van der Waals surface area contributed by atoms with E-state index in [1.54, 1.807) is 6.92 Å². The lowest BCUT2D eigenvalue weighted by molar-refractivity contribution is -0.298. The summed E-state index contributed by atoms with van der Waals surface area (Å²) in [6.45, 7) is 11.8. The molecule has 6 rings (SSSR count). The molecule has 5 aliphatic carbocycles. The molecule has 0 radical (unpaired) electrons. The van der Waals surface area contributed by atoms with Gasteiger partial charge in [-0.3, -0.25) is 4.79 Å². The third-order valence-electron chi connectivity index (χ3n) is 15.1. The van der Waals surface area contributed by atoms with Gasteiger partial charge in [0.15, 0.2) is 0 Å². The Morgan fingerprint density at radius 2 is 1.51 bits per heavy atom. The van der Waals surface area contributed by atoms with E-state index in [-0.39, 0.29) is 23.9 Å². The molecule has 11 heteroatoms. The van der Waals surface area contributed by atoms with E-state index in [0.717, 1.165) is 12.8 Å². The minimum atomic E-state index is -1.68. The first kappa shape index (κ1) is 35.7. The Balaban J connectivity index is 1.38. The van der Waals surface area contributed by atoms with Gasteiger partial charge in [0.25, 0.3) is 0 Å². The molecule has 0 amide bonds. The summed E-state index contributed by atoms with van der Waals surface area (Å²) in [4.78, 5) is 14.4. The Morgan fingerprint density at radius 1 is 0.851 bits per heavy atom. The summed E-state index contributed by atoms with van der Waals surface area (Å²) in [5.74, 6) is -1.09. The van der Waals surface area contributed by atoms with Crippen LogP contribution in [0.3, 0.4) is 0 Å². The third kappa shape index (κ3) is 4.81. The summed E-state index contributed by atoms with van der Waals surface area (Å²) in [5, 5.41) is 85.8. The van der Waals surface area contributed by atoms with Crippen LogP contribution in [0.4, 0.5) is 0 Å². The molecule has 4 saturated carbocycles. The molecule has 16 atom stereocenters. The number of fused-ring (bicyclic) bond motifs is 7. The van der Waals surface area contributed by atoms with Crippen LogP contribution < -0.4 is 0 Å². The van der Waals surface area contributed by atoms with Crippen LogP contribution in [0.1, 0.15) is 92.9 Å². The van der Waals surface area contributed by atoms with Crippen molar-refractivity contribution in [3.63, 3.8) is 0 Å². The van der Waals surface area contributed by atoms with Gasteiger partial charge in [-0.25, -0.2) is 0 Å². The van der Waals surface area contributed by atoms with Crippen molar-refractivity contribution < 1.29 is 55.1 Å². The average molecular weight is 667 g/mol. The van der Waals surface area contributed by atoms with Crippen LogP contribution in [0.5, 0.6) is 0 Å². The maximum Gasteiger partial charge on any atom is 0.315 e. The highest BCUT2D eigenvalue weighted by Crippen LogP contribution is 2.75. The maximum atomic E-state index is 14.4. The monoisotopic (exact) mass is 666 g/mol. The van der Waals surface area contributed by atoms with E-state index < -0.39 is 94.6 Å². The van der Waals surface area contributed by atoms with E-state index in [1.165, 1.54) is 5.57 Å². The van der Waals surface area contributed by atoms with Gasteiger partial charge in [-0.15, -0.1) is 0 Å². The van der Waals surface area contributed by atoms with Crippen molar-refractivity contribution in [1.29, 1.82) is 0 Å². The molecule has 47 heavy (non-hydrogen) atoms. The fourth-order valence-electron chi connectivity index (χ4n) is 12.3. The number of aliphatic hydroxyl groups excluding tert-OH is 8. The zero-order valence-electron chi connectivity index (χ0n) is 28.8. The van der Waals surface area contributed by atoms with E-state index in [4.69, 9.17) is 9.47 Å². The van der Waals surface area contributed by atoms with Gasteiger partial charge in [0.2, 0.25) is 6.29 Å². The summed E-state index contributed by atoms with van der Waals surface area (Å²) in [6.07, 6.45) is -3.65. The fraction of sp³-hybridized carbons (Fsp3) is 0.917. The first-order valence-corrected chi connectivity index (χ1v) is 17.6. The molecule has 0 spiro atoms. The van der Waals surface area contributed by atoms with Gasteiger partial charge in [-0.05, 0) is 84.9 Å². The highest BCUT2D eigenvalue weighted by atomic mass is 16.7. The zero-order valence-corrected chi connectivity index (χ0v) is 28.8. The molecule has 0 aromatic heterocycles. The number of carbonyl (C=O) groups is 1. The molecule has 5 fully saturated rings. The lowest BCUT2D eigenvalue weighted by Crippen LogP contribution is -2.71. The van der Waals surface area contributed by atoms with Gasteiger partial charge in [-0.2, -0.15) is 0 Å². The Hall–Kier alpha value is -1.15. The maximum absolute atomic E-state index is 14.4. The molecule has 8 N–H and O–H groups in total. The first-order chi connectivity index (χ1) is 21.8. The van der Waals surface area contributed by atoms with Crippen LogP contribution in [-0.4, -0.2) is 109 Å². The van der Waals surface area contributed by atoms with Gasteiger partial charge in [0.05, 0.1) is 36.9 Å². The molecule has 1 heterocycles. The molecular formula is C36H58O11. The summed E-state index contributed by atoms with van der Waals surface area (Å²) >= 11 is 0. The molecule has 0 bridgehead atoms. The van der Waals surface area contributed by atoms with Crippen LogP contribution in [0.15, 0.2) is 11.6 Å². The van der Waals surface area contributed by atoms with E-state index >= 15 is 0 Å². The second-order valence-corrected chi connectivity index (χ2v) is 18.0. The van der Waals surface area contributed by atoms with E-state index in [1.807, 2.05) is 0 Å². The van der Waals surface area contributed by atoms with Crippen LogP contribution >= 0.6 is 0 Å². The average Bonchev–Trinajstić information content (AvgIpc) is 3.00. The van der Waals surface area contributed by atoms with Gasteiger partial charge in [0.1, 0.15) is 24.4 Å². The molecule has 0 aromatic carbocycles. The van der Waals surface area contributed by atoms with Crippen molar-refractivity contribution in [2.45, 2.75) is 142 Å². The largest absolute Gasteiger partial charge is 0.432 e. The van der Waals surface area contributed by atoms with Gasteiger partial charge in [-0.1, -0.05) is 53.2 Å². The Morgan fingerprint density at radius 3 is 2.15 bits per heavy atom. The summed E-state index contributed by atoms with van der Waals surface area (Å²) in [6, 6.07) is 0. The van der Waals surface area contributed by atoms with Gasteiger partial charge >= 0.3 is 5.97 Å². The highest BCUT2D eigenvalue weighted by molar-refractivity contribution is 5.79. The van der Waals surface area contributed by atoms with Crippen molar-refractivity contribution in [3.05, 3.63) is 11.6 Å². The number of carbonyl (C=O) groups excluding carboxylic acids is 1. The second kappa shape index (κ2) is 11.4. The summed E-state index contributed by atoms with van der Waals surface area (Å²) in [5.41, 5.74) is -2.27. The quantitative estimate of drug-likeness (QED) is 0.160. The van der Waals surface area contributed by atoms with Crippen molar-refractivity contribution in [3.8, 4) is 0 Å². The van der Waals surface area contributed by atoms with Crippen molar-refractivity contribution in [2.75, 3.05) is 13.2 Å². The smallest absolute Gasteiger partial charge is 0.315 e. The van der Waals surface area contributed by atoms with Crippen LogP contribution in [0.2, 0.25) is 0 Å². The van der Waals surface area contributed by atoms with Crippen molar-refractivity contribution >= 4 is 5.97 Å². The SMILES string of the molecule is CC1(C)CC[C@]2(C(=O)O[C@@H]3O[C@H](CO)[C@@H](O)[C@H](O)[C@H]3O)CC[C@]3(C)C(=CC[C@@H]4[C@@]5(C)C[C@@H](O)[C@H](O)[C@@](C)(CO)[C@H]5[C@H](O)C[C@]43C)[C@@H]2C1. The number of aliphatic hydroxyl groups is 8. The van der Waals surface area contributed by atoms with Crippen LogP contribution in [0.25, 0.3) is 0 Å².